The van der Waals surface area contributed by atoms with Crippen LogP contribution >= 0.6 is 0 Å². The van der Waals surface area contributed by atoms with Crippen LogP contribution in [0.3, 0.4) is 0 Å². The molecular formula is C10H14N4. The van der Waals surface area contributed by atoms with Gasteiger partial charge in [0.25, 0.3) is 0 Å². The fourth-order valence-electron chi connectivity index (χ4n) is 2.16. The molecule has 74 valence electrons. The van der Waals surface area contributed by atoms with Crippen molar-refractivity contribution >= 4 is 0 Å². The van der Waals surface area contributed by atoms with Crippen LogP contribution in [0.5, 0.6) is 0 Å². The first-order valence-corrected chi connectivity index (χ1v) is 4.98. The molecule has 1 unspecified atom stereocenters. The van der Waals surface area contributed by atoms with Gasteiger partial charge in [0.15, 0.2) is 0 Å². The van der Waals surface area contributed by atoms with Gasteiger partial charge in [0.1, 0.15) is 6.54 Å². The van der Waals surface area contributed by atoms with E-state index < -0.39 is 0 Å². The van der Waals surface area contributed by atoms with Crippen LogP contribution in [0.4, 0.5) is 0 Å². The Kier molecular flexibility index (Phi) is 2.51. The summed E-state index contributed by atoms with van der Waals surface area (Å²) in [6.45, 7) is 1.04. The lowest BCUT2D eigenvalue weighted by atomic mass is 9.87. The van der Waals surface area contributed by atoms with Gasteiger partial charge in [-0.15, -0.1) is 0 Å². The fraction of sp³-hybridized carbons (Fsp3) is 0.600. The van der Waals surface area contributed by atoms with E-state index in [-0.39, 0.29) is 0 Å². The third-order valence-electron chi connectivity index (χ3n) is 2.89. The van der Waals surface area contributed by atoms with Crippen molar-refractivity contribution < 1.29 is 0 Å². The van der Waals surface area contributed by atoms with Crippen LogP contribution in [0.15, 0.2) is 6.20 Å². The summed E-state index contributed by atoms with van der Waals surface area (Å²) in [7, 11) is 0. The third kappa shape index (κ3) is 1.40. The zero-order chi connectivity index (χ0) is 9.97. The molecule has 0 aliphatic heterocycles. The SMILES string of the molecule is N#CCn1ncc2c1CCCC2CN. The number of rotatable bonds is 2. The van der Waals surface area contributed by atoms with Crippen molar-refractivity contribution in [2.24, 2.45) is 5.73 Å². The number of fused-ring (bicyclic) bond motifs is 1. The van der Waals surface area contributed by atoms with E-state index in [0.29, 0.717) is 19.0 Å². The van der Waals surface area contributed by atoms with Crippen LogP contribution < -0.4 is 5.73 Å². The summed E-state index contributed by atoms with van der Waals surface area (Å²) in [5, 5.41) is 12.9. The number of hydrogen-bond donors (Lipinski definition) is 1. The van der Waals surface area contributed by atoms with Gasteiger partial charge in [-0.2, -0.15) is 10.4 Å². The molecule has 1 aliphatic rings. The lowest BCUT2D eigenvalue weighted by molar-refractivity contribution is 0.535. The monoisotopic (exact) mass is 190 g/mol. The molecule has 0 spiro atoms. The van der Waals surface area contributed by atoms with Crippen LogP contribution in [0.2, 0.25) is 0 Å². The maximum absolute atomic E-state index is 8.63. The Morgan fingerprint density at radius 2 is 2.57 bits per heavy atom. The Morgan fingerprint density at radius 1 is 1.71 bits per heavy atom. The van der Waals surface area contributed by atoms with Gasteiger partial charge >= 0.3 is 0 Å². The number of hydrogen-bond acceptors (Lipinski definition) is 3. The van der Waals surface area contributed by atoms with Crippen LogP contribution in [0.25, 0.3) is 0 Å². The van der Waals surface area contributed by atoms with Gasteiger partial charge in [-0.25, -0.2) is 0 Å². The second-order valence-corrected chi connectivity index (χ2v) is 3.69. The lowest BCUT2D eigenvalue weighted by Gasteiger charge is -2.21. The maximum Gasteiger partial charge on any atom is 0.128 e. The van der Waals surface area contributed by atoms with Crippen molar-refractivity contribution in [3.05, 3.63) is 17.5 Å². The Hall–Kier alpha value is -1.34. The molecule has 1 heterocycles. The Bertz CT molecular complexity index is 361. The minimum absolute atomic E-state index is 0.354. The van der Waals surface area contributed by atoms with E-state index in [1.165, 1.54) is 11.3 Å². The highest BCUT2D eigenvalue weighted by Crippen LogP contribution is 2.30. The smallest absolute Gasteiger partial charge is 0.128 e. The molecule has 14 heavy (non-hydrogen) atoms. The molecule has 0 bridgehead atoms. The standard InChI is InChI=1S/C10H14N4/c11-4-5-14-10-3-1-2-8(6-12)9(10)7-13-14/h7-8H,1-3,5-6,12H2. The molecular weight excluding hydrogens is 176 g/mol. The number of nitrogens with two attached hydrogens (primary N) is 1. The largest absolute Gasteiger partial charge is 0.330 e. The highest BCUT2D eigenvalue weighted by Gasteiger charge is 2.22. The first-order chi connectivity index (χ1) is 6.86. The highest BCUT2D eigenvalue weighted by molar-refractivity contribution is 5.26. The molecule has 0 saturated carbocycles. The summed E-state index contributed by atoms with van der Waals surface area (Å²) >= 11 is 0. The summed E-state index contributed by atoms with van der Waals surface area (Å²) in [5.74, 6) is 0.450. The second kappa shape index (κ2) is 3.81. The normalized spacial score (nSPS) is 20.1. The fourth-order valence-corrected chi connectivity index (χ4v) is 2.16. The van der Waals surface area contributed by atoms with E-state index >= 15 is 0 Å². The van der Waals surface area contributed by atoms with Crippen molar-refractivity contribution in [2.75, 3.05) is 6.54 Å². The van der Waals surface area contributed by atoms with Gasteiger partial charge < -0.3 is 5.73 Å². The minimum atomic E-state index is 0.354. The summed E-state index contributed by atoms with van der Waals surface area (Å²) in [5.41, 5.74) is 8.17. The summed E-state index contributed by atoms with van der Waals surface area (Å²) in [6.07, 6.45) is 5.23. The molecule has 0 amide bonds. The van der Waals surface area contributed by atoms with Crippen LogP contribution in [0, 0.1) is 11.3 Å². The molecule has 1 aromatic rings. The minimum Gasteiger partial charge on any atom is -0.330 e. The van der Waals surface area contributed by atoms with Crippen LogP contribution in [0.1, 0.15) is 30.0 Å². The van der Waals surface area contributed by atoms with E-state index in [1.54, 1.807) is 4.68 Å². The van der Waals surface area contributed by atoms with E-state index in [1.807, 2.05) is 6.20 Å². The molecule has 2 rings (SSSR count). The zero-order valence-corrected chi connectivity index (χ0v) is 8.11. The van der Waals surface area contributed by atoms with Crippen LogP contribution in [-0.2, 0) is 13.0 Å². The second-order valence-electron chi connectivity index (χ2n) is 3.69. The van der Waals surface area contributed by atoms with Gasteiger partial charge in [-0.05, 0) is 37.3 Å². The predicted molar refractivity (Wildman–Crippen MR) is 52.6 cm³/mol. The topological polar surface area (TPSA) is 67.6 Å². The number of nitriles is 1. The number of aromatic nitrogens is 2. The maximum atomic E-state index is 8.63. The molecule has 0 radical (unpaired) electrons. The van der Waals surface area contributed by atoms with Crippen molar-refractivity contribution in [2.45, 2.75) is 31.7 Å². The Morgan fingerprint density at radius 3 is 3.29 bits per heavy atom. The average Bonchev–Trinajstić information content (AvgIpc) is 2.62. The van der Waals surface area contributed by atoms with E-state index in [9.17, 15) is 0 Å². The molecule has 2 N–H and O–H groups in total. The molecule has 1 aromatic heterocycles. The van der Waals surface area contributed by atoms with Crippen molar-refractivity contribution in [3.8, 4) is 6.07 Å². The quantitative estimate of drug-likeness (QED) is 0.749. The van der Waals surface area contributed by atoms with Gasteiger partial charge in [0, 0.05) is 5.69 Å². The summed E-state index contributed by atoms with van der Waals surface area (Å²) in [6, 6.07) is 2.12. The molecule has 4 heteroatoms. The van der Waals surface area contributed by atoms with Crippen molar-refractivity contribution in [1.29, 1.82) is 5.26 Å². The van der Waals surface area contributed by atoms with Crippen molar-refractivity contribution in [1.82, 2.24) is 9.78 Å². The van der Waals surface area contributed by atoms with Gasteiger partial charge in [-0.3, -0.25) is 4.68 Å². The molecule has 1 atom stereocenters. The summed E-state index contributed by atoms with van der Waals surface area (Å²) in [4.78, 5) is 0. The highest BCUT2D eigenvalue weighted by atomic mass is 15.3. The average molecular weight is 190 g/mol. The lowest BCUT2D eigenvalue weighted by Crippen LogP contribution is -2.18. The zero-order valence-electron chi connectivity index (χ0n) is 8.11. The van der Waals surface area contributed by atoms with Gasteiger partial charge in [0.05, 0.1) is 12.3 Å². The molecule has 0 aromatic carbocycles. The third-order valence-corrected chi connectivity index (χ3v) is 2.89. The molecule has 0 fully saturated rings. The Balaban J connectivity index is 2.33. The Labute approximate surface area is 83.3 Å². The molecule has 1 aliphatic carbocycles. The van der Waals surface area contributed by atoms with E-state index in [0.717, 1.165) is 19.3 Å². The van der Waals surface area contributed by atoms with Crippen molar-refractivity contribution in [3.63, 3.8) is 0 Å². The molecule has 0 saturated heterocycles. The molecule has 4 nitrogen and oxygen atoms in total. The number of nitrogens with zero attached hydrogens (tertiary/aromatic N) is 3. The summed E-state index contributed by atoms with van der Waals surface area (Å²) < 4.78 is 1.80. The van der Waals surface area contributed by atoms with E-state index in [4.69, 9.17) is 11.0 Å². The first-order valence-electron chi connectivity index (χ1n) is 4.98. The van der Waals surface area contributed by atoms with Gasteiger partial charge in [-0.1, -0.05) is 0 Å². The van der Waals surface area contributed by atoms with Crippen LogP contribution in [-0.4, -0.2) is 16.3 Å². The van der Waals surface area contributed by atoms with E-state index in [2.05, 4.69) is 11.2 Å². The first kappa shape index (κ1) is 9.22. The predicted octanol–water partition coefficient (Wildman–Crippen LogP) is 0.785. The van der Waals surface area contributed by atoms with Gasteiger partial charge in [0.2, 0.25) is 0 Å².